The minimum absolute atomic E-state index is 0.0286. The van der Waals surface area contributed by atoms with E-state index in [2.05, 4.69) is 67.0 Å². The normalized spacial score (nSPS) is 18.4. The lowest BCUT2D eigenvalue weighted by Crippen LogP contribution is -2.45. The summed E-state index contributed by atoms with van der Waals surface area (Å²) in [5.74, 6) is 0.516. The number of aromatic nitrogens is 5. The Hall–Kier alpha value is -4.29. The number of piperidine rings is 1. The maximum atomic E-state index is 13.2. The van der Waals surface area contributed by atoms with Crippen LogP contribution in [0.4, 0.5) is 5.95 Å². The SMILES string of the molecule is C=C(c1cc(C)cnc1C#N)c1n[nH]c2nc(N3CCC4(CC3)Cc3ccccc3[C@H]4N)[nH]c(=O)c12. The topological polar surface area (TPSA) is 140 Å². The number of rotatable bonds is 3. The van der Waals surface area contributed by atoms with Gasteiger partial charge >= 0.3 is 0 Å². The Labute approximate surface area is 207 Å². The third kappa shape index (κ3) is 3.33. The maximum absolute atomic E-state index is 13.2. The van der Waals surface area contributed by atoms with E-state index in [-0.39, 0.29) is 22.7 Å². The highest BCUT2D eigenvalue weighted by Crippen LogP contribution is 2.50. The molecule has 0 bridgehead atoms. The molecule has 0 radical (unpaired) electrons. The summed E-state index contributed by atoms with van der Waals surface area (Å²) in [5.41, 5.74) is 11.9. The minimum Gasteiger partial charge on any atom is -0.342 e. The molecule has 0 saturated carbocycles. The average Bonchev–Trinajstić information content (AvgIpc) is 3.44. The van der Waals surface area contributed by atoms with E-state index in [0.717, 1.165) is 37.9 Å². The van der Waals surface area contributed by atoms with Gasteiger partial charge in [-0.1, -0.05) is 30.8 Å². The molecule has 3 aromatic heterocycles. The summed E-state index contributed by atoms with van der Waals surface area (Å²) < 4.78 is 0. The summed E-state index contributed by atoms with van der Waals surface area (Å²) in [4.78, 5) is 27.1. The minimum atomic E-state index is -0.302. The van der Waals surface area contributed by atoms with Gasteiger partial charge < -0.3 is 10.6 Å². The van der Waals surface area contributed by atoms with Crippen LogP contribution in [0.3, 0.4) is 0 Å². The van der Waals surface area contributed by atoms with E-state index in [4.69, 9.17) is 5.73 Å². The average molecular weight is 479 g/mol. The van der Waals surface area contributed by atoms with E-state index in [9.17, 15) is 10.1 Å². The standard InChI is InChI=1S/C27H26N8O/c1-15-11-19(20(13-28)30-14-15)16(2)22-21-24(34-33-22)31-26(32-25(21)36)35-9-7-27(8-10-35)12-17-5-3-4-6-18(17)23(27)29/h3-6,11,14,23H,2,7-10,12,29H2,1H3,(H2,31,32,33,34,36)/t23-/m1/s1. The molecule has 1 fully saturated rings. The molecule has 180 valence electrons. The number of aromatic amines is 2. The number of pyridine rings is 1. The number of H-pyrrole nitrogens is 2. The van der Waals surface area contributed by atoms with Gasteiger partial charge in [0.1, 0.15) is 22.8 Å². The molecular formula is C27H26N8O. The first-order valence-electron chi connectivity index (χ1n) is 12.0. The lowest BCUT2D eigenvalue weighted by Gasteiger charge is -2.42. The number of hydrogen-bond donors (Lipinski definition) is 3. The quantitative estimate of drug-likeness (QED) is 0.411. The van der Waals surface area contributed by atoms with Crippen LogP contribution >= 0.6 is 0 Å². The first kappa shape index (κ1) is 22.2. The molecule has 4 heterocycles. The molecule has 6 rings (SSSR count). The molecule has 9 nitrogen and oxygen atoms in total. The number of aryl methyl sites for hydroxylation is 1. The zero-order valence-electron chi connectivity index (χ0n) is 20.0. The van der Waals surface area contributed by atoms with E-state index in [0.29, 0.717) is 33.8 Å². The number of nitrogens with one attached hydrogen (secondary N) is 2. The van der Waals surface area contributed by atoms with Crippen molar-refractivity contribution in [1.29, 1.82) is 5.26 Å². The fraction of sp³-hybridized carbons (Fsp3) is 0.296. The molecule has 1 aliphatic heterocycles. The molecular weight excluding hydrogens is 452 g/mol. The molecule has 9 heteroatoms. The number of hydrogen-bond acceptors (Lipinski definition) is 7. The number of nitrogens with two attached hydrogens (primary N) is 1. The summed E-state index contributed by atoms with van der Waals surface area (Å²) in [7, 11) is 0. The second-order valence-corrected chi connectivity index (χ2v) is 9.89. The molecule has 1 spiro atoms. The monoisotopic (exact) mass is 478 g/mol. The molecule has 1 aliphatic carbocycles. The summed E-state index contributed by atoms with van der Waals surface area (Å²) >= 11 is 0. The third-order valence-corrected chi connectivity index (χ3v) is 7.81. The van der Waals surface area contributed by atoms with E-state index < -0.39 is 0 Å². The van der Waals surface area contributed by atoms with Crippen LogP contribution < -0.4 is 16.2 Å². The fourth-order valence-corrected chi connectivity index (χ4v) is 5.78. The molecule has 0 unspecified atom stereocenters. The third-order valence-electron chi connectivity index (χ3n) is 7.81. The van der Waals surface area contributed by atoms with Crippen molar-refractivity contribution in [3.8, 4) is 6.07 Å². The maximum Gasteiger partial charge on any atom is 0.264 e. The summed E-state index contributed by atoms with van der Waals surface area (Å²) in [6.07, 6.45) is 4.46. The van der Waals surface area contributed by atoms with Gasteiger partial charge in [-0.25, -0.2) is 4.98 Å². The summed E-state index contributed by atoms with van der Waals surface area (Å²) in [5, 5.41) is 17.0. The Kier molecular flexibility index (Phi) is 5.02. The first-order valence-corrected chi connectivity index (χ1v) is 12.0. The molecule has 4 N–H and O–H groups in total. The molecule has 1 atom stereocenters. The van der Waals surface area contributed by atoms with Crippen LogP contribution in [0, 0.1) is 23.7 Å². The van der Waals surface area contributed by atoms with Crippen LogP contribution in [0.5, 0.6) is 0 Å². The number of anilines is 1. The van der Waals surface area contributed by atoms with Crippen molar-refractivity contribution in [2.75, 3.05) is 18.0 Å². The number of fused-ring (bicyclic) bond motifs is 2. The molecule has 1 aromatic carbocycles. The lowest BCUT2D eigenvalue weighted by molar-refractivity contribution is 0.187. The van der Waals surface area contributed by atoms with Crippen molar-refractivity contribution < 1.29 is 0 Å². The van der Waals surface area contributed by atoms with E-state index in [1.54, 1.807) is 6.20 Å². The van der Waals surface area contributed by atoms with Crippen LogP contribution in [0.2, 0.25) is 0 Å². The van der Waals surface area contributed by atoms with E-state index >= 15 is 0 Å². The van der Waals surface area contributed by atoms with Gasteiger partial charge in [-0.2, -0.15) is 15.3 Å². The Morgan fingerprint density at radius 1 is 1.31 bits per heavy atom. The van der Waals surface area contributed by atoms with Gasteiger partial charge in [0, 0.05) is 36.5 Å². The van der Waals surface area contributed by atoms with Crippen molar-refractivity contribution in [3.05, 3.63) is 87.1 Å². The lowest BCUT2D eigenvalue weighted by atomic mass is 9.73. The second kappa shape index (κ2) is 8.14. The molecule has 36 heavy (non-hydrogen) atoms. The molecule has 4 aromatic rings. The largest absolute Gasteiger partial charge is 0.342 e. The predicted octanol–water partition coefficient (Wildman–Crippen LogP) is 3.13. The Morgan fingerprint density at radius 3 is 2.83 bits per heavy atom. The summed E-state index contributed by atoms with van der Waals surface area (Å²) in [6.45, 7) is 7.50. The Bertz CT molecular complexity index is 1620. The van der Waals surface area contributed by atoms with Crippen molar-refractivity contribution in [2.24, 2.45) is 11.1 Å². The number of nitrogens with zero attached hydrogens (tertiary/aromatic N) is 5. The van der Waals surface area contributed by atoms with Crippen LogP contribution in [-0.2, 0) is 6.42 Å². The predicted molar refractivity (Wildman–Crippen MR) is 137 cm³/mol. The first-order chi connectivity index (χ1) is 17.4. The molecule has 1 saturated heterocycles. The zero-order chi connectivity index (χ0) is 25.0. The summed E-state index contributed by atoms with van der Waals surface area (Å²) in [6, 6.07) is 12.4. The second-order valence-electron chi connectivity index (χ2n) is 9.89. The van der Waals surface area contributed by atoms with Crippen molar-refractivity contribution >= 4 is 22.6 Å². The van der Waals surface area contributed by atoms with Gasteiger partial charge in [0.05, 0.1) is 0 Å². The van der Waals surface area contributed by atoms with Crippen molar-refractivity contribution in [3.63, 3.8) is 0 Å². The molecule has 2 aliphatic rings. The van der Waals surface area contributed by atoms with E-state index in [1.165, 1.54) is 11.1 Å². The Balaban J connectivity index is 1.28. The molecule has 0 amide bonds. The van der Waals surface area contributed by atoms with Gasteiger partial charge in [-0.3, -0.25) is 14.9 Å². The van der Waals surface area contributed by atoms with Crippen LogP contribution in [-0.4, -0.2) is 38.2 Å². The van der Waals surface area contributed by atoms with Gasteiger partial charge in [0.15, 0.2) is 5.65 Å². The highest BCUT2D eigenvalue weighted by atomic mass is 16.1. The smallest absolute Gasteiger partial charge is 0.264 e. The number of benzene rings is 1. The van der Waals surface area contributed by atoms with Crippen LogP contribution in [0.15, 0.2) is 47.9 Å². The van der Waals surface area contributed by atoms with E-state index in [1.807, 2.05) is 13.0 Å². The van der Waals surface area contributed by atoms with Gasteiger partial charge in [-0.05, 0) is 54.4 Å². The Morgan fingerprint density at radius 2 is 2.08 bits per heavy atom. The van der Waals surface area contributed by atoms with Gasteiger partial charge in [0.25, 0.3) is 5.56 Å². The van der Waals surface area contributed by atoms with Crippen molar-refractivity contribution in [1.82, 2.24) is 25.1 Å². The zero-order valence-corrected chi connectivity index (χ0v) is 20.0. The van der Waals surface area contributed by atoms with Crippen molar-refractivity contribution in [2.45, 2.75) is 32.2 Å². The highest BCUT2D eigenvalue weighted by Gasteiger charge is 2.46. The van der Waals surface area contributed by atoms with Gasteiger partial charge in [0.2, 0.25) is 5.95 Å². The van der Waals surface area contributed by atoms with Crippen LogP contribution in [0.1, 0.15) is 52.5 Å². The van der Waals surface area contributed by atoms with Gasteiger partial charge in [-0.15, -0.1) is 0 Å². The highest BCUT2D eigenvalue weighted by molar-refractivity contribution is 5.93. The van der Waals surface area contributed by atoms with Crippen LogP contribution in [0.25, 0.3) is 16.6 Å². The fourth-order valence-electron chi connectivity index (χ4n) is 5.78. The number of nitriles is 1.